The number of carbonyl (C=O) groups excluding carboxylic acids is 1. The Bertz CT molecular complexity index is 460. The molecule has 1 aromatic rings. The first-order valence-corrected chi connectivity index (χ1v) is 7.53. The molecule has 116 valence electrons. The van der Waals surface area contributed by atoms with Crippen molar-refractivity contribution in [3.8, 4) is 0 Å². The van der Waals surface area contributed by atoms with Crippen LogP contribution in [-0.2, 0) is 9.47 Å². The quantitative estimate of drug-likeness (QED) is 0.799. The third kappa shape index (κ3) is 4.05. The van der Waals surface area contributed by atoms with Crippen molar-refractivity contribution >= 4 is 5.97 Å². The third-order valence-electron chi connectivity index (χ3n) is 4.33. The first-order valence-electron chi connectivity index (χ1n) is 7.53. The van der Waals surface area contributed by atoms with E-state index >= 15 is 0 Å². The van der Waals surface area contributed by atoms with Gasteiger partial charge in [-0.15, -0.1) is 0 Å². The van der Waals surface area contributed by atoms with Gasteiger partial charge in [-0.05, 0) is 45.5 Å². The third-order valence-corrected chi connectivity index (χ3v) is 4.33. The topological polar surface area (TPSA) is 38.8 Å². The lowest BCUT2D eigenvalue weighted by molar-refractivity contribution is -0.117. The molecule has 1 fully saturated rings. The molecular formula is C17H25NO3. The van der Waals surface area contributed by atoms with Crippen LogP contribution in [0.5, 0.6) is 0 Å². The molecule has 1 heterocycles. The van der Waals surface area contributed by atoms with Gasteiger partial charge in [-0.1, -0.05) is 25.1 Å². The minimum Gasteiger partial charge on any atom is -0.459 e. The Morgan fingerprint density at radius 3 is 2.57 bits per heavy atom. The highest BCUT2D eigenvalue weighted by molar-refractivity contribution is 5.89. The van der Waals surface area contributed by atoms with Crippen molar-refractivity contribution in [3.63, 3.8) is 0 Å². The minimum atomic E-state index is -0.285. The number of carbonyl (C=O) groups is 1. The number of benzene rings is 1. The Morgan fingerprint density at radius 1 is 1.29 bits per heavy atom. The zero-order valence-corrected chi connectivity index (χ0v) is 13.3. The number of hydrogen-bond donors (Lipinski definition) is 0. The molecule has 2 rings (SSSR count). The maximum Gasteiger partial charge on any atom is 0.338 e. The Balaban J connectivity index is 1.90. The van der Waals surface area contributed by atoms with Crippen LogP contribution in [0.1, 0.15) is 30.6 Å². The summed E-state index contributed by atoms with van der Waals surface area (Å²) in [6, 6.07) is 9.52. The molecule has 1 saturated heterocycles. The average Bonchev–Trinajstić information content (AvgIpc) is 2.48. The summed E-state index contributed by atoms with van der Waals surface area (Å²) in [7, 11) is 4.18. The van der Waals surface area contributed by atoms with Crippen molar-refractivity contribution in [2.24, 2.45) is 5.92 Å². The van der Waals surface area contributed by atoms with E-state index in [1.54, 1.807) is 12.1 Å². The fraction of sp³-hybridized carbons (Fsp3) is 0.588. The first kappa shape index (κ1) is 16.0. The first-order chi connectivity index (χ1) is 9.99. The summed E-state index contributed by atoms with van der Waals surface area (Å²) in [5, 5.41) is 0. The van der Waals surface area contributed by atoms with Crippen LogP contribution in [-0.4, -0.2) is 49.8 Å². The molecule has 0 N–H and O–H groups in total. The van der Waals surface area contributed by atoms with E-state index < -0.39 is 0 Å². The second kappa shape index (κ2) is 7.05. The van der Waals surface area contributed by atoms with Crippen molar-refractivity contribution in [1.29, 1.82) is 0 Å². The summed E-state index contributed by atoms with van der Waals surface area (Å²) >= 11 is 0. The number of nitrogens with zero attached hydrogens (tertiary/aromatic N) is 1. The van der Waals surface area contributed by atoms with Gasteiger partial charge in [-0.25, -0.2) is 4.79 Å². The molecule has 0 amide bonds. The fourth-order valence-corrected chi connectivity index (χ4v) is 2.89. The van der Waals surface area contributed by atoms with Crippen molar-refractivity contribution in [2.45, 2.75) is 38.5 Å². The Kier molecular flexibility index (Phi) is 5.37. The second-order valence-corrected chi connectivity index (χ2v) is 6.05. The summed E-state index contributed by atoms with van der Waals surface area (Å²) in [4.78, 5) is 14.2. The van der Waals surface area contributed by atoms with E-state index in [0.29, 0.717) is 24.1 Å². The normalized spacial score (nSPS) is 29.4. The van der Waals surface area contributed by atoms with E-state index in [4.69, 9.17) is 9.47 Å². The summed E-state index contributed by atoms with van der Waals surface area (Å²) in [6.07, 6.45) is 1.03. The van der Waals surface area contributed by atoms with Crippen LogP contribution in [0.4, 0.5) is 0 Å². The molecule has 1 aliphatic heterocycles. The molecule has 1 aliphatic rings. The number of esters is 1. The van der Waals surface area contributed by atoms with Crippen LogP contribution < -0.4 is 0 Å². The predicted molar refractivity (Wildman–Crippen MR) is 82.3 cm³/mol. The summed E-state index contributed by atoms with van der Waals surface area (Å²) in [5.41, 5.74) is 0.582. The lowest BCUT2D eigenvalue weighted by Crippen LogP contribution is -2.49. The Hall–Kier alpha value is -1.39. The van der Waals surface area contributed by atoms with Gasteiger partial charge in [0.2, 0.25) is 0 Å². The summed E-state index contributed by atoms with van der Waals surface area (Å²) in [5.74, 6) is 0.188. The molecule has 0 aliphatic carbocycles. The van der Waals surface area contributed by atoms with Crippen LogP contribution in [0.3, 0.4) is 0 Å². The molecule has 0 spiro atoms. The molecule has 0 radical (unpaired) electrons. The van der Waals surface area contributed by atoms with Crippen LogP contribution in [0.15, 0.2) is 30.3 Å². The summed E-state index contributed by atoms with van der Waals surface area (Å²) in [6.45, 7) is 4.61. The highest BCUT2D eigenvalue weighted by Gasteiger charge is 2.35. The predicted octanol–water partition coefficient (Wildman–Crippen LogP) is 2.59. The van der Waals surface area contributed by atoms with E-state index in [1.165, 1.54) is 0 Å². The molecule has 0 saturated carbocycles. The monoisotopic (exact) mass is 291 g/mol. The van der Waals surface area contributed by atoms with Crippen molar-refractivity contribution in [3.05, 3.63) is 35.9 Å². The molecule has 0 bridgehead atoms. The van der Waals surface area contributed by atoms with Gasteiger partial charge >= 0.3 is 5.97 Å². The fourth-order valence-electron chi connectivity index (χ4n) is 2.89. The van der Waals surface area contributed by atoms with Crippen molar-refractivity contribution < 1.29 is 14.3 Å². The van der Waals surface area contributed by atoms with Gasteiger partial charge in [0.25, 0.3) is 0 Å². The maximum absolute atomic E-state index is 12.0. The number of ether oxygens (including phenoxy) is 2. The van der Waals surface area contributed by atoms with Gasteiger partial charge in [-0.2, -0.15) is 0 Å². The van der Waals surface area contributed by atoms with E-state index in [0.717, 1.165) is 6.42 Å². The number of rotatable bonds is 4. The van der Waals surface area contributed by atoms with Crippen molar-refractivity contribution in [1.82, 2.24) is 4.90 Å². The van der Waals surface area contributed by atoms with Crippen LogP contribution in [0.2, 0.25) is 0 Å². The van der Waals surface area contributed by atoms with Gasteiger partial charge in [0.05, 0.1) is 17.8 Å². The van der Waals surface area contributed by atoms with Crippen LogP contribution >= 0.6 is 0 Å². The highest BCUT2D eigenvalue weighted by Crippen LogP contribution is 2.28. The van der Waals surface area contributed by atoms with Gasteiger partial charge < -0.3 is 14.4 Å². The zero-order valence-electron chi connectivity index (χ0n) is 13.3. The van der Waals surface area contributed by atoms with Crippen molar-refractivity contribution in [2.75, 3.05) is 20.7 Å². The van der Waals surface area contributed by atoms with E-state index in [1.807, 2.05) is 18.2 Å². The summed E-state index contributed by atoms with van der Waals surface area (Å²) < 4.78 is 11.4. The van der Waals surface area contributed by atoms with Gasteiger partial charge in [0.15, 0.2) is 0 Å². The smallest absolute Gasteiger partial charge is 0.338 e. The van der Waals surface area contributed by atoms with Gasteiger partial charge in [0.1, 0.15) is 6.61 Å². The van der Waals surface area contributed by atoms with Gasteiger partial charge in [-0.3, -0.25) is 0 Å². The molecular weight excluding hydrogens is 266 g/mol. The van der Waals surface area contributed by atoms with Crippen LogP contribution in [0.25, 0.3) is 0 Å². The van der Waals surface area contributed by atoms with E-state index in [-0.39, 0.29) is 18.2 Å². The largest absolute Gasteiger partial charge is 0.459 e. The Morgan fingerprint density at radius 2 is 1.95 bits per heavy atom. The standard InChI is InChI=1S/C17H25NO3/c1-12-13(2)21-15(10-16(12)18(3)4)11-20-17(19)14-8-6-5-7-9-14/h5-9,12-13,15-16H,10-11H2,1-4H3/t12-,13?,15-,16-/m0/s1. The minimum absolute atomic E-state index is 0.0312. The SMILES string of the molecule is CC1O[C@H](COC(=O)c2ccccc2)C[C@H](N(C)C)[C@H]1C. The highest BCUT2D eigenvalue weighted by atomic mass is 16.6. The average molecular weight is 291 g/mol. The second-order valence-electron chi connectivity index (χ2n) is 6.05. The molecule has 1 aromatic carbocycles. The lowest BCUT2D eigenvalue weighted by Gasteiger charge is -2.42. The number of hydrogen-bond acceptors (Lipinski definition) is 4. The Labute approximate surface area is 127 Å². The van der Waals surface area contributed by atoms with Gasteiger partial charge in [0, 0.05) is 6.04 Å². The molecule has 4 nitrogen and oxygen atoms in total. The molecule has 21 heavy (non-hydrogen) atoms. The molecule has 0 aromatic heterocycles. The molecule has 1 unspecified atom stereocenters. The maximum atomic E-state index is 12.0. The lowest BCUT2D eigenvalue weighted by atomic mass is 9.88. The molecule has 4 atom stereocenters. The zero-order chi connectivity index (χ0) is 15.4. The van der Waals surface area contributed by atoms with E-state index in [2.05, 4.69) is 32.8 Å². The van der Waals surface area contributed by atoms with E-state index in [9.17, 15) is 4.79 Å². The van der Waals surface area contributed by atoms with Crippen LogP contribution in [0, 0.1) is 5.92 Å². The molecule has 4 heteroatoms.